The smallest absolute Gasteiger partial charge is 0.253 e. The van der Waals surface area contributed by atoms with E-state index in [1.807, 2.05) is 47.4 Å². The number of rotatable bonds is 9. The number of carbonyl (C=O) groups is 2. The van der Waals surface area contributed by atoms with E-state index in [0.29, 0.717) is 22.8 Å². The number of hydrogen-bond acceptors (Lipinski definition) is 4. The van der Waals surface area contributed by atoms with Crippen molar-refractivity contribution in [3.63, 3.8) is 0 Å². The van der Waals surface area contributed by atoms with Crippen molar-refractivity contribution < 1.29 is 14.0 Å². The Hall–Kier alpha value is -3.42. The molecule has 1 saturated heterocycles. The first-order chi connectivity index (χ1) is 17.6. The highest BCUT2D eigenvalue weighted by Gasteiger charge is 2.21. The molecule has 3 aromatic carbocycles. The van der Waals surface area contributed by atoms with Gasteiger partial charge in [0.15, 0.2) is 0 Å². The number of thioether (sulfide) groups is 1. The van der Waals surface area contributed by atoms with Crippen molar-refractivity contribution in [1.29, 1.82) is 0 Å². The summed E-state index contributed by atoms with van der Waals surface area (Å²) in [5.41, 5.74) is 3.52. The summed E-state index contributed by atoms with van der Waals surface area (Å²) in [6.45, 7) is 4.04. The lowest BCUT2D eigenvalue weighted by Gasteiger charge is -2.34. The third-order valence-electron chi connectivity index (χ3n) is 5.96. The molecule has 1 N–H and O–H groups in total. The Labute approximate surface area is 216 Å². The molecular formula is C29H30FN3O2S. The zero-order valence-electron chi connectivity index (χ0n) is 20.1. The van der Waals surface area contributed by atoms with Gasteiger partial charge >= 0.3 is 0 Å². The Morgan fingerprint density at radius 2 is 1.58 bits per heavy atom. The summed E-state index contributed by atoms with van der Waals surface area (Å²) >= 11 is 1.49. The van der Waals surface area contributed by atoms with E-state index in [2.05, 4.69) is 34.5 Å². The van der Waals surface area contributed by atoms with Crippen molar-refractivity contribution in [3.05, 3.63) is 107 Å². The van der Waals surface area contributed by atoms with E-state index in [9.17, 15) is 14.0 Å². The summed E-state index contributed by atoms with van der Waals surface area (Å²) in [7, 11) is 0. The average molecular weight is 504 g/mol. The van der Waals surface area contributed by atoms with Crippen molar-refractivity contribution >= 4 is 35.3 Å². The average Bonchev–Trinajstić information content (AvgIpc) is 2.91. The number of piperazine rings is 1. The lowest BCUT2D eigenvalue weighted by molar-refractivity contribution is -0.113. The fourth-order valence-electron chi connectivity index (χ4n) is 3.95. The van der Waals surface area contributed by atoms with Gasteiger partial charge in [-0.1, -0.05) is 54.6 Å². The summed E-state index contributed by atoms with van der Waals surface area (Å²) in [6, 6.07) is 23.6. The summed E-state index contributed by atoms with van der Waals surface area (Å²) < 4.78 is 13.0. The quantitative estimate of drug-likeness (QED) is 0.438. The van der Waals surface area contributed by atoms with Crippen LogP contribution in [0.5, 0.6) is 0 Å². The second-order valence-corrected chi connectivity index (χ2v) is 9.64. The second kappa shape index (κ2) is 13.0. The van der Waals surface area contributed by atoms with Crippen LogP contribution in [0.1, 0.15) is 21.5 Å². The van der Waals surface area contributed by atoms with Gasteiger partial charge in [0.25, 0.3) is 5.91 Å². The molecule has 0 spiro atoms. The monoisotopic (exact) mass is 503 g/mol. The lowest BCUT2D eigenvalue weighted by atomic mass is 10.1. The second-order valence-electron chi connectivity index (χ2n) is 8.65. The van der Waals surface area contributed by atoms with Crippen LogP contribution in [0.4, 0.5) is 10.1 Å². The predicted octanol–water partition coefficient (Wildman–Crippen LogP) is 5.17. The number of carbonyl (C=O) groups excluding carboxylic acids is 2. The minimum absolute atomic E-state index is 0.0624. The topological polar surface area (TPSA) is 52.7 Å². The van der Waals surface area contributed by atoms with Crippen molar-refractivity contribution in [2.24, 2.45) is 0 Å². The lowest BCUT2D eigenvalue weighted by Crippen LogP contribution is -2.48. The number of benzene rings is 3. The third kappa shape index (κ3) is 7.80. The van der Waals surface area contributed by atoms with Crippen molar-refractivity contribution in [3.8, 4) is 0 Å². The van der Waals surface area contributed by atoms with E-state index >= 15 is 0 Å². The maximum atomic E-state index is 13.0. The first kappa shape index (κ1) is 25.7. The van der Waals surface area contributed by atoms with Gasteiger partial charge in [0.1, 0.15) is 5.82 Å². The molecule has 3 aromatic rings. The number of nitrogens with one attached hydrogen (secondary N) is 1. The van der Waals surface area contributed by atoms with Gasteiger partial charge < -0.3 is 10.2 Å². The zero-order chi connectivity index (χ0) is 25.2. The van der Waals surface area contributed by atoms with Gasteiger partial charge in [0, 0.05) is 49.7 Å². The van der Waals surface area contributed by atoms with Gasteiger partial charge in [-0.2, -0.15) is 0 Å². The minimum Gasteiger partial charge on any atom is -0.336 e. The summed E-state index contributed by atoms with van der Waals surface area (Å²) in [4.78, 5) is 29.3. The van der Waals surface area contributed by atoms with Crippen LogP contribution in [-0.2, 0) is 10.5 Å². The van der Waals surface area contributed by atoms with E-state index < -0.39 is 0 Å². The molecule has 0 radical (unpaired) electrons. The maximum Gasteiger partial charge on any atom is 0.253 e. The largest absolute Gasteiger partial charge is 0.336 e. The van der Waals surface area contributed by atoms with Crippen LogP contribution in [0.25, 0.3) is 6.08 Å². The minimum atomic E-state index is -0.335. The first-order valence-corrected chi connectivity index (χ1v) is 13.2. The van der Waals surface area contributed by atoms with Gasteiger partial charge in [-0.15, -0.1) is 11.8 Å². The van der Waals surface area contributed by atoms with Gasteiger partial charge in [0.05, 0.1) is 5.75 Å². The zero-order valence-corrected chi connectivity index (χ0v) is 20.9. The third-order valence-corrected chi connectivity index (χ3v) is 6.97. The Bertz CT molecular complexity index is 1160. The highest BCUT2D eigenvalue weighted by Crippen LogP contribution is 2.16. The molecule has 36 heavy (non-hydrogen) atoms. The summed E-state index contributed by atoms with van der Waals surface area (Å²) in [5, 5.41) is 2.75. The highest BCUT2D eigenvalue weighted by atomic mass is 32.2. The van der Waals surface area contributed by atoms with E-state index in [0.717, 1.165) is 38.3 Å². The molecule has 1 heterocycles. The first-order valence-electron chi connectivity index (χ1n) is 12.0. The Morgan fingerprint density at radius 1 is 0.889 bits per heavy atom. The highest BCUT2D eigenvalue weighted by molar-refractivity contribution is 7.99. The fourth-order valence-corrected chi connectivity index (χ4v) is 4.74. The molecule has 0 unspecified atom stereocenters. The van der Waals surface area contributed by atoms with Crippen LogP contribution < -0.4 is 5.32 Å². The molecule has 5 nitrogen and oxygen atoms in total. The Balaban J connectivity index is 1.17. The number of hydrogen-bond donors (Lipinski definition) is 1. The maximum absolute atomic E-state index is 13.0. The van der Waals surface area contributed by atoms with Crippen molar-refractivity contribution in [1.82, 2.24) is 9.80 Å². The number of amides is 2. The van der Waals surface area contributed by atoms with E-state index in [4.69, 9.17) is 0 Å². The Morgan fingerprint density at radius 3 is 2.28 bits per heavy atom. The van der Waals surface area contributed by atoms with E-state index in [1.54, 1.807) is 0 Å². The normalized spacial score (nSPS) is 14.2. The fraction of sp³-hybridized carbons (Fsp3) is 0.241. The number of halogens is 1. The Kier molecular flexibility index (Phi) is 9.30. The van der Waals surface area contributed by atoms with Crippen LogP contribution in [0.3, 0.4) is 0 Å². The molecule has 2 amide bonds. The van der Waals surface area contributed by atoms with Crippen molar-refractivity contribution in [2.75, 3.05) is 43.8 Å². The SMILES string of the molecule is O=C(CSCc1ccc(C(=O)N2CCN(C/C=C/c3ccccc3)CC2)cc1)Nc1ccc(F)cc1. The molecular weight excluding hydrogens is 473 g/mol. The van der Waals surface area contributed by atoms with Gasteiger partial charge in [0.2, 0.25) is 5.91 Å². The molecule has 1 aliphatic rings. The number of anilines is 1. The van der Waals surface area contributed by atoms with Crippen LogP contribution in [-0.4, -0.2) is 60.1 Å². The predicted molar refractivity (Wildman–Crippen MR) is 145 cm³/mol. The summed E-state index contributed by atoms with van der Waals surface area (Å²) in [5.74, 6) is 0.558. The molecule has 0 aromatic heterocycles. The number of nitrogens with zero attached hydrogens (tertiary/aromatic N) is 2. The molecule has 0 bridgehead atoms. The molecule has 1 aliphatic heterocycles. The van der Waals surface area contributed by atoms with Crippen LogP contribution in [0, 0.1) is 5.82 Å². The van der Waals surface area contributed by atoms with Gasteiger partial charge in [-0.25, -0.2) is 4.39 Å². The van der Waals surface area contributed by atoms with Crippen LogP contribution >= 0.6 is 11.8 Å². The van der Waals surface area contributed by atoms with Gasteiger partial charge in [-0.05, 0) is 47.5 Å². The standard InChI is InChI=1S/C29H30FN3O2S/c30-26-12-14-27(15-13-26)31-28(34)22-36-21-24-8-10-25(11-9-24)29(35)33-19-17-32(18-20-33)16-4-7-23-5-2-1-3-6-23/h1-15H,16-22H2,(H,31,34)/b7-4+. The van der Waals surface area contributed by atoms with E-state index in [1.165, 1.54) is 41.6 Å². The van der Waals surface area contributed by atoms with Crippen LogP contribution in [0.2, 0.25) is 0 Å². The molecule has 7 heteroatoms. The molecule has 186 valence electrons. The summed E-state index contributed by atoms with van der Waals surface area (Å²) in [6.07, 6.45) is 4.31. The van der Waals surface area contributed by atoms with Gasteiger partial charge in [-0.3, -0.25) is 14.5 Å². The van der Waals surface area contributed by atoms with Crippen molar-refractivity contribution in [2.45, 2.75) is 5.75 Å². The molecule has 1 fully saturated rings. The van der Waals surface area contributed by atoms with E-state index in [-0.39, 0.29) is 17.6 Å². The molecule has 0 saturated carbocycles. The molecule has 0 atom stereocenters. The molecule has 0 aliphatic carbocycles. The van der Waals surface area contributed by atoms with Crippen LogP contribution in [0.15, 0.2) is 84.9 Å². The molecule has 4 rings (SSSR count).